The molecular formula is C19H26O2. The zero-order valence-corrected chi connectivity index (χ0v) is 13.0. The Morgan fingerprint density at radius 1 is 1.33 bits per heavy atom. The third-order valence-electron chi connectivity index (χ3n) is 7.31. The Morgan fingerprint density at radius 3 is 3.05 bits per heavy atom. The van der Waals surface area contributed by atoms with Gasteiger partial charge in [0.05, 0.1) is 6.61 Å². The smallest absolute Gasteiger partial charge is 0.116 e. The van der Waals surface area contributed by atoms with Gasteiger partial charge in [0, 0.05) is 5.41 Å². The molecule has 7 unspecified atom stereocenters. The number of rotatable bonds is 3. The van der Waals surface area contributed by atoms with Crippen molar-refractivity contribution in [3.63, 3.8) is 0 Å². The van der Waals surface area contributed by atoms with E-state index in [4.69, 9.17) is 9.47 Å². The maximum Gasteiger partial charge on any atom is 0.116 e. The lowest BCUT2D eigenvalue weighted by Crippen LogP contribution is -2.43. The minimum Gasteiger partial charge on any atom is -0.495 e. The van der Waals surface area contributed by atoms with Gasteiger partial charge in [-0.25, -0.2) is 0 Å². The minimum absolute atomic E-state index is 0.319. The van der Waals surface area contributed by atoms with Crippen LogP contribution in [0.3, 0.4) is 0 Å². The monoisotopic (exact) mass is 286 g/mol. The summed E-state index contributed by atoms with van der Waals surface area (Å²) in [5.74, 6) is 5.82. The van der Waals surface area contributed by atoms with Crippen LogP contribution in [-0.2, 0) is 9.47 Å². The van der Waals surface area contributed by atoms with Crippen LogP contribution in [0.5, 0.6) is 0 Å². The molecule has 2 bridgehead atoms. The molecule has 4 fully saturated rings. The molecule has 0 radical (unpaired) electrons. The van der Waals surface area contributed by atoms with Gasteiger partial charge in [0.2, 0.25) is 0 Å². The van der Waals surface area contributed by atoms with Gasteiger partial charge in [-0.2, -0.15) is 0 Å². The fourth-order valence-electron chi connectivity index (χ4n) is 6.39. The molecule has 1 saturated heterocycles. The molecule has 0 N–H and O–H groups in total. The van der Waals surface area contributed by atoms with Gasteiger partial charge in [-0.15, -0.1) is 0 Å². The Kier molecular flexibility index (Phi) is 2.66. The van der Waals surface area contributed by atoms with Crippen molar-refractivity contribution in [2.75, 3.05) is 13.2 Å². The van der Waals surface area contributed by atoms with E-state index >= 15 is 0 Å². The Labute approximate surface area is 127 Å². The van der Waals surface area contributed by atoms with Crippen molar-refractivity contribution in [3.8, 4) is 0 Å². The lowest BCUT2D eigenvalue weighted by Gasteiger charge is -2.48. The third-order valence-corrected chi connectivity index (χ3v) is 7.31. The zero-order valence-electron chi connectivity index (χ0n) is 13.0. The maximum atomic E-state index is 6.30. The van der Waals surface area contributed by atoms with Crippen molar-refractivity contribution in [2.45, 2.75) is 45.1 Å². The molecule has 2 nitrogen and oxygen atoms in total. The fourth-order valence-corrected chi connectivity index (χ4v) is 6.39. The number of fused-ring (bicyclic) bond motifs is 6. The van der Waals surface area contributed by atoms with Gasteiger partial charge in [0.15, 0.2) is 0 Å². The summed E-state index contributed by atoms with van der Waals surface area (Å²) >= 11 is 0. The van der Waals surface area contributed by atoms with E-state index in [-0.39, 0.29) is 0 Å². The van der Waals surface area contributed by atoms with E-state index in [1.54, 1.807) is 0 Å². The van der Waals surface area contributed by atoms with Crippen LogP contribution in [0.4, 0.5) is 0 Å². The molecule has 0 aromatic heterocycles. The standard InChI is InChI=1S/C19H26O2/c1-12-4-2-7-18(21-11-14-10-20-14)19(12)9-13-8-17(19)16-6-3-5-15(13)16/h2,4,7,12-17H,3,5-6,8-11H2,1H3. The number of ether oxygens (including phenoxy) is 2. The van der Waals surface area contributed by atoms with Gasteiger partial charge in [-0.3, -0.25) is 0 Å². The lowest BCUT2D eigenvalue weighted by atomic mass is 9.58. The molecule has 0 aromatic rings. The van der Waals surface area contributed by atoms with Crippen LogP contribution < -0.4 is 0 Å². The van der Waals surface area contributed by atoms with Gasteiger partial charge in [-0.05, 0) is 61.3 Å². The van der Waals surface area contributed by atoms with Crippen molar-refractivity contribution in [1.29, 1.82) is 0 Å². The molecule has 0 amide bonds. The van der Waals surface area contributed by atoms with Crippen LogP contribution in [0.15, 0.2) is 24.0 Å². The van der Waals surface area contributed by atoms with Gasteiger partial charge >= 0.3 is 0 Å². The lowest BCUT2D eigenvalue weighted by molar-refractivity contribution is 0.0106. The highest BCUT2D eigenvalue weighted by atomic mass is 16.6. The summed E-state index contributed by atoms with van der Waals surface area (Å²) < 4.78 is 11.6. The van der Waals surface area contributed by atoms with Crippen LogP contribution in [-0.4, -0.2) is 19.3 Å². The molecule has 4 aliphatic carbocycles. The van der Waals surface area contributed by atoms with Gasteiger partial charge in [-0.1, -0.05) is 25.5 Å². The molecular weight excluding hydrogens is 260 g/mol. The highest BCUT2D eigenvalue weighted by Crippen LogP contribution is 2.70. The molecule has 5 aliphatic rings. The summed E-state index contributed by atoms with van der Waals surface area (Å²) in [6.45, 7) is 4.08. The Hall–Kier alpha value is -0.760. The Bertz CT molecular complexity index is 504. The van der Waals surface area contributed by atoms with Gasteiger partial charge in [0.1, 0.15) is 18.5 Å². The molecule has 5 rings (SSSR count). The summed E-state index contributed by atoms with van der Waals surface area (Å²) in [5.41, 5.74) is 0.319. The summed E-state index contributed by atoms with van der Waals surface area (Å²) in [4.78, 5) is 0. The van der Waals surface area contributed by atoms with Gasteiger partial charge < -0.3 is 9.47 Å². The topological polar surface area (TPSA) is 21.8 Å². The molecule has 1 aliphatic heterocycles. The SMILES string of the molecule is CC1C=CC=C(OCC2CO2)C12CC1CC2C2CCCC12. The van der Waals surface area contributed by atoms with Crippen molar-refractivity contribution in [3.05, 3.63) is 24.0 Å². The first-order chi connectivity index (χ1) is 10.3. The Balaban J connectivity index is 1.47. The Morgan fingerprint density at radius 2 is 2.19 bits per heavy atom. The average Bonchev–Trinajstić information content (AvgIpc) is 2.93. The summed E-state index contributed by atoms with van der Waals surface area (Å²) in [7, 11) is 0. The second-order valence-corrected chi connectivity index (χ2v) is 8.08. The van der Waals surface area contributed by atoms with Gasteiger partial charge in [0.25, 0.3) is 0 Å². The number of hydrogen-bond donors (Lipinski definition) is 0. The molecule has 1 spiro atoms. The van der Waals surface area contributed by atoms with Crippen molar-refractivity contribution < 1.29 is 9.47 Å². The van der Waals surface area contributed by atoms with Crippen LogP contribution in [0.2, 0.25) is 0 Å². The molecule has 0 aromatic carbocycles. The first-order valence-corrected chi connectivity index (χ1v) is 8.92. The highest BCUT2D eigenvalue weighted by molar-refractivity contribution is 5.30. The summed E-state index contributed by atoms with van der Waals surface area (Å²) in [6.07, 6.45) is 14.6. The molecule has 7 atom stereocenters. The van der Waals surface area contributed by atoms with Crippen LogP contribution in [0, 0.1) is 35.0 Å². The number of allylic oxidation sites excluding steroid dienone is 4. The first-order valence-electron chi connectivity index (χ1n) is 8.92. The largest absolute Gasteiger partial charge is 0.495 e. The second-order valence-electron chi connectivity index (χ2n) is 8.08. The van der Waals surface area contributed by atoms with Crippen molar-refractivity contribution >= 4 is 0 Å². The average molecular weight is 286 g/mol. The summed E-state index contributed by atoms with van der Waals surface area (Å²) in [6, 6.07) is 0. The summed E-state index contributed by atoms with van der Waals surface area (Å²) in [5, 5.41) is 0. The molecule has 114 valence electrons. The number of hydrogen-bond acceptors (Lipinski definition) is 2. The van der Waals surface area contributed by atoms with E-state index in [2.05, 4.69) is 25.2 Å². The molecule has 1 heterocycles. The zero-order chi connectivity index (χ0) is 14.0. The van der Waals surface area contributed by atoms with E-state index in [1.807, 2.05) is 0 Å². The van der Waals surface area contributed by atoms with E-state index < -0.39 is 0 Å². The van der Waals surface area contributed by atoms with E-state index in [0.717, 1.165) is 36.9 Å². The first kappa shape index (κ1) is 12.8. The normalized spacial score (nSPS) is 53.1. The predicted molar refractivity (Wildman–Crippen MR) is 81.6 cm³/mol. The minimum atomic E-state index is 0.319. The van der Waals surface area contributed by atoms with E-state index in [9.17, 15) is 0 Å². The number of epoxide rings is 1. The van der Waals surface area contributed by atoms with Crippen LogP contribution >= 0.6 is 0 Å². The van der Waals surface area contributed by atoms with Crippen molar-refractivity contribution in [2.24, 2.45) is 35.0 Å². The van der Waals surface area contributed by atoms with Crippen LogP contribution in [0.25, 0.3) is 0 Å². The highest BCUT2D eigenvalue weighted by Gasteiger charge is 2.64. The third kappa shape index (κ3) is 1.69. The molecule has 21 heavy (non-hydrogen) atoms. The quantitative estimate of drug-likeness (QED) is 0.733. The maximum absolute atomic E-state index is 6.30. The predicted octanol–water partition coefficient (Wildman–Crippen LogP) is 3.93. The van der Waals surface area contributed by atoms with Crippen molar-refractivity contribution in [1.82, 2.24) is 0 Å². The fraction of sp³-hybridized carbons (Fsp3) is 0.789. The molecule has 2 heteroatoms. The van der Waals surface area contributed by atoms with E-state index in [0.29, 0.717) is 17.4 Å². The van der Waals surface area contributed by atoms with Crippen LogP contribution in [0.1, 0.15) is 39.0 Å². The second kappa shape index (κ2) is 4.38. The van der Waals surface area contributed by atoms with E-state index in [1.165, 1.54) is 37.9 Å². The molecule has 3 saturated carbocycles.